The molecule has 1 rings (SSSR count). The van der Waals surface area contributed by atoms with E-state index in [0.717, 1.165) is 0 Å². The Labute approximate surface area is 80.6 Å². The predicted octanol–water partition coefficient (Wildman–Crippen LogP) is 2.84. The summed E-state index contributed by atoms with van der Waals surface area (Å²) in [5.74, 6) is 0. The van der Waals surface area contributed by atoms with Gasteiger partial charge in [-0.3, -0.25) is 0 Å². The second-order valence-corrected chi connectivity index (χ2v) is 3.47. The molecule has 1 aromatic carbocycles. The van der Waals surface area contributed by atoms with Crippen LogP contribution in [0.3, 0.4) is 0 Å². The van der Waals surface area contributed by atoms with E-state index >= 15 is 0 Å². The first-order valence-electron chi connectivity index (χ1n) is 3.77. The molecule has 0 N–H and O–H groups in total. The van der Waals surface area contributed by atoms with E-state index in [4.69, 9.17) is 0 Å². The van der Waals surface area contributed by atoms with Crippen LogP contribution in [-0.4, -0.2) is 21.3 Å². The first-order chi connectivity index (χ1) is 6.35. The fourth-order valence-electron chi connectivity index (χ4n) is 0.609. The van der Waals surface area contributed by atoms with Gasteiger partial charge in [0.15, 0.2) is 0 Å². The smallest absolute Gasteiger partial charge is 0.316 e. The maximum Gasteiger partial charge on any atom is 0.331 e. The molecule has 0 saturated carbocycles. The minimum atomic E-state index is -1.05. The van der Waals surface area contributed by atoms with E-state index in [-0.39, 0.29) is 0 Å². The third-order valence-corrected chi connectivity index (χ3v) is 2.01. The molecule has 0 aliphatic rings. The molecule has 0 fully saturated rings. The molecular weight excluding hydrogens is 187 g/mol. The molecule has 4 heteroatoms. The zero-order valence-corrected chi connectivity index (χ0v) is 9.03. The molecule has 13 heavy (non-hydrogen) atoms. The lowest BCUT2D eigenvalue weighted by molar-refractivity contribution is 0.239. The fourth-order valence-corrected chi connectivity index (χ4v) is 1.06. The third kappa shape index (κ3) is 7.88. The van der Waals surface area contributed by atoms with Crippen molar-refractivity contribution in [1.29, 1.82) is 0 Å². The number of hydrogen-bond donors (Lipinski definition) is 0. The molecular formula is C9H15O3P. The summed E-state index contributed by atoms with van der Waals surface area (Å²) >= 11 is 0. The van der Waals surface area contributed by atoms with Crippen molar-refractivity contribution in [3.63, 3.8) is 0 Å². The quantitative estimate of drug-likeness (QED) is 0.705. The maximum atomic E-state index is 4.67. The molecule has 0 saturated heterocycles. The molecule has 0 heterocycles. The Morgan fingerprint density at radius 2 is 0.846 bits per heavy atom. The molecule has 1 aromatic rings. The van der Waals surface area contributed by atoms with Gasteiger partial charge in [0, 0.05) is 21.3 Å². The number of hydrogen-bond acceptors (Lipinski definition) is 3. The standard InChI is InChI=1S/C6H6.C3H9O3P/c1-2-4-6-5-3-1;1-4-7(5-2)6-3/h1-6H;1-3H3. The average molecular weight is 202 g/mol. The van der Waals surface area contributed by atoms with Crippen molar-refractivity contribution in [3.8, 4) is 0 Å². The Morgan fingerprint density at radius 1 is 0.615 bits per heavy atom. The molecule has 0 radical (unpaired) electrons. The van der Waals surface area contributed by atoms with Gasteiger partial charge in [-0.05, 0) is 0 Å². The van der Waals surface area contributed by atoms with Crippen LogP contribution in [-0.2, 0) is 13.6 Å². The van der Waals surface area contributed by atoms with Crippen molar-refractivity contribution in [2.45, 2.75) is 0 Å². The molecule has 0 amide bonds. The number of benzene rings is 1. The lowest BCUT2D eigenvalue weighted by Crippen LogP contribution is -1.81. The highest BCUT2D eigenvalue weighted by atomic mass is 31.2. The van der Waals surface area contributed by atoms with Gasteiger partial charge in [-0.25, -0.2) is 0 Å². The van der Waals surface area contributed by atoms with E-state index in [1.807, 2.05) is 36.4 Å². The molecule has 0 aromatic heterocycles. The summed E-state index contributed by atoms with van der Waals surface area (Å²) in [7, 11) is 3.57. The molecule has 0 unspecified atom stereocenters. The first kappa shape index (κ1) is 12.5. The molecule has 0 atom stereocenters. The van der Waals surface area contributed by atoms with E-state index in [2.05, 4.69) is 13.6 Å². The highest BCUT2D eigenvalue weighted by Crippen LogP contribution is 2.35. The largest absolute Gasteiger partial charge is 0.331 e. The van der Waals surface area contributed by atoms with Crippen LogP contribution in [0.25, 0.3) is 0 Å². The van der Waals surface area contributed by atoms with Crippen molar-refractivity contribution in [2.24, 2.45) is 0 Å². The SMILES string of the molecule is COP(OC)OC.c1ccccc1. The second-order valence-electron chi connectivity index (χ2n) is 1.93. The zero-order valence-electron chi connectivity index (χ0n) is 8.14. The summed E-state index contributed by atoms with van der Waals surface area (Å²) in [6.45, 7) is 0. The maximum absolute atomic E-state index is 4.67. The van der Waals surface area contributed by atoms with Crippen LogP contribution in [0.15, 0.2) is 36.4 Å². The van der Waals surface area contributed by atoms with E-state index < -0.39 is 8.60 Å². The van der Waals surface area contributed by atoms with Crippen LogP contribution in [0.2, 0.25) is 0 Å². The van der Waals surface area contributed by atoms with Crippen LogP contribution in [0.1, 0.15) is 0 Å². The first-order valence-corrected chi connectivity index (χ1v) is 4.87. The summed E-state index contributed by atoms with van der Waals surface area (Å²) in [4.78, 5) is 0. The highest BCUT2D eigenvalue weighted by molar-refractivity contribution is 7.41. The minimum absolute atomic E-state index is 1.05. The van der Waals surface area contributed by atoms with Gasteiger partial charge < -0.3 is 13.6 Å². The topological polar surface area (TPSA) is 27.7 Å². The van der Waals surface area contributed by atoms with Crippen LogP contribution in [0, 0.1) is 0 Å². The van der Waals surface area contributed by atoms with Crippen LogP contribution >= 0.6 is 8.60 Å². The van der Waals surface area contributed by atoms with E-state index in [1.165, 1.54) is 0 Å². The molecule has 0 bridgehead atoms. The zero-order chi connectivity index (χ0) is 9.94. The van der Waals surface area contributed by atoms with Gasteiger partial charge >= 0.3 is 8.60 Å². The van der Waals surface area contributed by atoms with Crippen LogP contribution < -0.4 is 0 Å². The van der Waals surface area contributed by atoms with Crippen LogP contribution in [0.4, 0.5) is 0 Å². The van der Waals surface area contributed by atoms with Gasteiger partial charge in [-0.1, -0.05) is 36.4 Å². The third-order valence-electron chi connectivity index (χ3n) is 1.11. The van der Waals surface area contributed by atoms with E-state index in [1.54, 1.807) is 21.3 Å². The summed E-state index contributed by atoms with van der Waals surface area (Å²) < 4.78 is 14.0. The fraction of sp³-hybridized carbons (Fsp3) is 0.333. The van der Waals surface area contributed by atoms with Crippen LogP contribution in [0.5, 0.6) is 0 Å². The molecule has 74 valence electrons. The van der Waals surface area contributed by atoms with Gasteiger partial charge in [0.05, 0.1) is 0 Å². The summed E-state index contributed by atoms with van der Waals surface area (Å²) in [6, 6.07) is 12.0. The molecule has 0 aliphatic carbocycles. The summed E-state index contributed by atoms with van der Waals surface area (Å²) in [6.07, 6.45) is 0. The van der Waals surface area contributed by atoms with Crippen molar-refractivity contribution >= 4 is 8.60 Å². The number of rotatable bonds is 3. The van der Waals surface area contributed by atoms with Gasteiger partial charge in [0.1, 0.15) is 0 Å². The average Bonchev–Trinajstić information content (AvgIpc) is 2.24. The predicted molar refractivity (Wildman–Crippen MR) is 54.4 cm³/mol. The van der Waals surface area contributed by atoms with Crippen molar-refractivity contribution in [1.82, 2.24) is 0 Å². The summed E-state index contributed by atoms with van der Waals surface area (Å²) in [5.41, 5.74) is 0. The van der Waals surface area contributed by atoms with Crippen molar-refractivity contribution < 1.29 is 13.6 Å². The second kappa shape index (κ2) is 9.62. The van der Waals surface area contributed by atoms with Gasteiger partial charge in [-0.2, -0.15) is 0 Å². The van der Waals surface area contributed by atoms with Gasteiger partial charge in [0.25, 0.3) is 0 Å². The Morgan fingerprint density at radius 3 is 0.923 bits per heavy atom. The van der Waals surface area contributed by atoms with E-state index in [9.17, 15) is 0 Å². The normalized spacial score (nSPS) is 9.23. The Hall–Kier alpha value is -0.470. The Kier molecular flexibility index (Phi) is 9.27. The lowest BCUT2D eigenvalue weighted by Gasteiger charge is -2.05. The minimum Gasteiger partial charge on any atom is -0.316 e. The van der Waals surface area contributed by atoms with Crippen molar-refractivity contribution in [2.75, 3.05) is 21.3 Å². The Bertz CT molecular complexity index is 145. The van der Waals surface area contributed by atoms with E-state index in [0.29, 0.717) is 0 Å². The summed E-state index contributed by atoms with van der Waals surface area (Å²) in [5, 5.41) is 0. The highest BCUT2D eigenvalue weighted by Gasteiger charge is 2.00. The molecule has 0 spiro atoms. The lowest BCUT2D eigenvalue weighted by atomic mass is 10.4. The van der Waals surface area contributed by atoms with Crippen molar-refractivity contribution in [3.05, 3.63) is 36.4 Å². The van der Waals surface area contributed by atoms with Gasteiger partial charge in [0.2, 0.25) is 0 Å². The van der Waals surface area contributed by atoms with Gasteiger partial charge in [-0.15, -0.1) is 0 Å². The molecule has 3 nitrogen and oxygen atoms in total. The Balaban J connectivity index is 0.000000223. The monoisotopic (exact) mass is 202 g/mol. The molecule has 0 aliphatic heterocycles.